The molecule has 1 aliphatic rings. The normalized spacial score (nSPS) is 16.9. The molecule has 0 atom stereocenters. The van der Waals surface area contributed by atoms with Gasteiger partial charge in [0.15, 0.2) is 0 Å². The molecule has 0 bridgehead atoms. The van der Waals surface area contributed by atoms with Crippen LogP contribution in [0.25, 0.3) is 0 Å². The van der Waals surface area contributed by atoms with Gasteiger partial charge in [-0.05, 0) is 12.3 Å². The van der Waals surface area contributed by atoms with E-state index in [0.717, 1.165) is 12.3 Å². The van der Waals surface area contributed by atoms with Crippen LogP contribution in [0, 0.1) is 5.92 Å². The lowest BCUT2D eigenvalue weighted by atomic mass is 10.2. The number of hydrogen-bond acceptors (Lipinski definition) is 3. The molecule has 3 nitrogen and oxygen atoms in total. The minimum atomic E-state index is -0.158. The Morgan fingerprint density at radius 1 is 1.60 bits per heavy atom. The molecule has 0 heterocycles. The summed E-state index contributed by atoms with van der Waals surface area (Å²) in [5.41, 5.74) is 5.01. The SMILES string of the molecule is NCOC(=O)CCC1CC1. The Kier molecular flexibility index (Phi) is 2.68. The first kappa shape index (κ1) is 7.54. The van der Waals surface area contributed by atoms with Crippen molar-refractivity contribution in [3.05, 3.63) is 0 Å². The van der Waals surface area contributed by atoms with Crippen LogP contribution in [-0.4, -0.2) is 12.7 Å². The van der Waals surface area contributed by atoms with Crippen LogP contribution in [0.5, 0.6) is 0 Å². The highest BCUT2D eigenvalue weighted by atomic mass is 16.5. The second kappa shape index (κ2) is 3.56. The van der Waals surface area contributed by atoms with Crippen molar-refractivity contribution in [1.29, 1.82) is 0 Å². The van der Waals surface area contributed by atoms with Crippen molar-refractivity contribution in [2.45, 2.75) is 25.7 Å². The van der Waals surface area contributed by atoms with Crippen LogP contribution in [0.3, 0.4) is 0 Å². The van der Waals surface area contributed by atoms with Crippen LogP contribution in [0.4, 0.5) is 0 Å². The van der Waals surface area contributed by atoms with E-state index in [0.29, 0.717) is 6.42 Å². The molecule has 1 fully saturated rings. The van der Waals surface area contributed by atoms with Crippen molar-refractivity contribution < 1.29 is 9.53 Å². The molecule has 1 saturated carbocycles. The topological polar surface area (TPSA) is 52.3 Å². The maximum absolute atomic E-state index is 10.7. The third kappa shape index (κ3) is 2.82. The summed E-state index contributed by atoms with van der Waals surface area (Å²) in [6, 6.07) is 0. The lowest BCUT2D eigenvalue weighted by molar-refractivity contribution is -0.143. The molecule has 58 valence electrons. The van der Waals surface area contributed by atoms with Crippen molar-refractivity contribution >= 4 is 5.97 Å². The van der Waals surface area contributed by atoms with Crippen LogP contribution < -0.4 is 5.73 Å². The largest absolute Gasteiger partial charge is 0.450 e. The monoisotopic (exact) mass is 143 g/mol. The average molecular weight is 143 g/mol. The molecule has 1 rings (SSSR count). The van der Waals surface area contributed by atoms with Crippen LogP contribution in [0.1, 0.15) is 25.7 Å². The fraction of sp³-hybridized carbons (Fsp3) is 0.857. The molecule has 0 saturated heterocycles. The molecule has 0 aromatic carbocycles. The molecule has 10 heavy (non-hydrogen) atoms. The van der Waals surface area contributed by atoms with Gasteiger partial charge in [0.25, 0.3) is 0 Å². The molecule has 0 amide bonds. The average Bonchev–Trinajstić information content (AvgIpc) is 2.67. The zero-order chi connectivity index (χ0) is 7.40. The summed E-state index contributed by atoms with van der Waals surface area (Å²) in [6.45, 7) is 0.0174. The highest BCUT2D eigenvalue weighted by Gasteiger charge is 2.21. The molecule has 0 aliphatic heterocycles. The number of hydrogen-bond donors (Lipinski definition) is 1. The number of nitrogens with two attached hydrogens (primary N) is 1. The van der Waals surface area contributed by atoms with E-state index in [-0.39, 0.29) is 12.7 Å². The van der Waals surface area contributed by atoms with Gasteiger partial charge in [-0.25, -0.2) is 0 Å². The van der Waals surface area contributed by atoms with E-state index in [1.54, 1.807) is 0 Å². The molecule has 3 heteroatoms. The Balaban J connectivity index is 1.94. The first-order valence-corrected chi connectivity index (χ1v) is 3.68. The molecule has 0 aromatic rings. The molecule has 2 N–H and O–H groups in total. The molecule has 0 aromatic heterocycles. The number of carbonyl (C=O) groups excluding carboxylic acids is 1. The predicted octanol–water partition coefficient (Wildman–Crippen LogP) is 0.636. The second-order valence-electron chi connectivity index (χ2n) is 2.67. The van der Waals surface area contributed by atoms with Gasteiger partial charge in [-0.1, -0.05) is 12.8 Å². The quantitative estimate of drug-likeness (QED) is 0.464. The Hall–Kier alpha value is -0.570. The minimum Gasteiger partial charge on any atom is -0.450 e. The third-order valence-electron chi connectivity index (χ3n) is 1.70. The molecule has 0 radical (unpaired) electrons. The fourth-order valence-electron chi connectivity index (χ4n) is 0.894. The smallest absolute Gasteiger partial charge is 0.307 e. The van der Waals surface area contributed by atoms with Crippen molar-refractivity contribution in [2.24, 2.45) is 11.7 Å². The number of ether oxygens (including phenoxy) is 1. The number of rotatable bonds is 4. The fourth-order valence-corrected chi connectivity index (χ4v) is 0.894. The summed E-state index contributed by atoms with van der Waals surface area (Å²) in [5.74, 6) is 0.639. The summed E-state index contributed by atoms with van der Waals surface area (Å²) < 4.78 is 4.56. The Bertz CT molecular complexity index is 121. The lowest BCUT2D eigenvalue weighted by Crippen LogP contribution is -2.11. The van der Waals surface area contributed by atoms with Crippen LogP contribution in [0.15, 0.2) is 0 Å². The van der Waals surface area contributed by atoms with Gasteiger partial charge in [-0.2, -0.15) is 0 Å². The van der Waals surface area contributed by atoms with E-state index < -0.39 is 0 Å². The van der Waals surface area contributed by atoms with E-state index in [9.17, 15) is 4.79 Å². The Morgan fingerprint density at radius 2 is 2.30 bits per heavy atom. The van der Waals surface area contributed by atoms with Crippen molar-refractivity contribution in [3.63, 3.8) is 0 Å². The van der Waals surface area contributed by atoms with Gasteiger partial charge in [0.05, 0.1) is 0 Å². The van der Waals surface area contributed by atoms with Gasteiger partial charge in [-0.15, -0.1) is 0 Å². The van der Waals surface area contributed by atoms with Gasteiger partial charge in [0.1, 0.15) is 6.73 Å². The molecular weight excluding hydrogens is 130 g/mol. The first-order valence-electron chi connectivity index (χ1n) is 3.68. The standard InChI is InChI=1S/C7H13NO2/c8-5-10-7(9)4-3-6-1-2-6/h6H,1-5,8H2. The molecular formula is C7H13NO2. The molecule has 0 spiro atoms. The number of esters is 1. The summed E-state index contributed by atoms with van der Waals surface area (Å²) >= 11 is 0. The van der Waals surface area contributed by atoms with Gasteiger partial charge in [0, 0.05) is 6.42 Å². The number of carbonyl (C=O) groups is 1. The maximum Gasteiger partial charge on any atom is 0.307 e. The molecule has 0 unspecified atom stereocenters. The zero-order valence-corrected chi connectivity index (χ0v) is 6.01. The summed E-state index contributed by atoms with van der Waals surface area (Å²) in [7, 11) is 0. The maximum atomic E-state index is 10.7. The van der Waals surface area contributed by atoms with E-state index in [2.05, 4.69) is 4.74 Å². The van der Waals surface area contributed by atoms with Gasteiger partial charge >= 0.3 is 5.97 Å². The summed E-state index contributed by atoms with van der Waals surface area (Å²) in [6.07, 6.45) is 4.10. The first-order chi connectivity index (χ1) is 4.83. The van der Waals surface area contributed by atoms with E-state index in [1.807, 2.05) is 0 Å². The second-order valence-corrected chi connectivity index (χ2v) is 2.67. The van der Waals surface area contributed by atoms with Crippen LogP contribution >= 0.6 is 0 Å². The highest BCUT2D eigenvalue weighted by Crippen LogP contribution is 2.33. The lowest BCUT2D eigenvalue weighted by Gasteiger charge is -1.98. The minimum absolute atomic E-state index is 0.0174. The van der Waals surface area contributed by atoms with E-state index in [1.165, 1.54) is 12.8 Å². The van der Waals surface area contributed by atoms with Crippen molar-refractivity contribution in [1.82, 2.24) is 0 Å². The Labute approximate surface area is 60.5 Å². The van der Waals surface area contributed by atoms with Crippen LogP contribution in [0.2, 0.25) is 0 Å². The van der Waals surface area contributed by atoms with Crippen molar-refractivity contribution in [3.8, 4) is 0 Å². The third-order valence-corrected chi connectivity index (χ3v) is 1.70. The van der Waals surface area contributed by atoms with Gasteiger partial charge in [0.2, 0.25) is 0 Å². The predicted molar refractivity (Wildman–Crippen MR) is 37.1 cm³/mol. The van der Waals surface area contributed by atoms with E-state index >= 15 is 0 Å². The zero-order valence-electron chi connectivity index (χ0n) is 6.01. The Morgan fingerprint density at radius 3 is 2.80 bits per heavy atom. The van der Waals surface area contributed by atoms with Crippen molar-refractivity contribution in [2.75, 3.05) is 6.73 Å². The van der Waals surface area contributed by atoms with E-state index in [4.69, 9.17) is 5.73 Å². The van der Waals surface area contributed by atoms with Gasteiger partial charge in [-0.3, -0.25) is 10.5 Å². The highest BCUT2D eigenvalue weighted by molar-refractivity contribution is 5.69. The summed E-state index contributed by atoms with van der Waals surface area (Å²) in [5, 5.41) is 0. The molecule has 1 aliphatic carbocycles. The summed E-state index contributed by atoms with van der Waals surface area (Å²) in [4.78, 5) is 10.7. The van der Waals surface area contributed by atoms with Gasteiger partial charge < -0.3 is 4.74 Å². The van der Waals surface area contributed by atoms with Crippen LogP contribution in [-0.2, 0) is 9.53 Å².